The van der Waals surface area contributed by atoms with Crippen LogP contribution in [-0.4, -0.2) is 41.2 Å². The van der Waals surface area contributed by atoms with Gasteiger partial charge in [0.25, 0.3) is 0 Å². The lowest BCUT2D eigenvalue weighted by atomic mass is 10.1. The number of carbonyl (C=O) groups is 1. The first-order valence-electron chi connectivity index (χ1n) is 8.80. The molecule has 2 aromatic carbocycles. The number of aromatic nitrogens is 2. The SMILES string of the molecule is COCC(=O)NC/C=C/c1ccc2ncnc(Nc3ccc(O)c(C)c3)c2c1. The van der Waals surface area contributed by atoms with E-state index >= 15 is 0 Å². The predicted octanol–water partition coefficient (Wildman–Crippen LogP) is 3.16. The van der Waals surface area contributed by atoms with Crippen molar-refractivity contribution in [3.8, 4) is 5.75 Å². The number of benzene rings is 2. The molecule has 0 spiro atoms. The Morgan fingerprint density at radius 1 is 1.21 bits per heavy atom. The zero-order valence-corrected chi connectivity index (χ0v) is 15.8. The Hall–Kier alpha value is -3.45. The standard InChI is InChI=1S/C21H22N4O3/c1-14-10-16(6-8-19(14)26)25-21-17-11-15(5-7-18(17)23-13-24-21)4-3-9-22-20(27)12-28-2/h3-8,10-11,13,26H,9,12H2,1-2H3,(H,22,27)(H,23,24,25)/b4-3+. The number of anilines is 2. The van der Waals surface area contributed by atoms with Crippen LogP contribution in [0, 0.1) is 6.92 Å². The van der Waals surface area contributed by atoms with Crippen LogP contribution >= 0.6 is 0 Å². The second kappa shape index (κ2) is 8.96. The maximum Gasteiger partial charge on any atom is 0.246 e. The summed E-state index contributed by atoms with van der Waals surface area (Å²) >= 11 is 0. The molecule has 3 rings (SSSR count). The van der Waals surface area contributed by atoms with Crippen LogP contribution in [0.4, 0.5) is 11.5 Å². The highest BCUT2D eigenvalue weighted by Crippen LogP contribution is 2.27. The second-order valence-electron chi connectivity index (χ2n) is 6.26. The van der Waals surface area contributed by atoms with Gasteiger partial charge in [-0.05, 0) is 48.4 Å². The fourth-order valence-electron chi connectivity index (χ4n) is 2.70. The summed E-state index contributed by atoms with van der Waals surface area (Å²) in [6, 6.07) is 11.2. The average Bonchev–Trinajstić information content (AvgIpc) is 2.69. The topological polar surface area (TPSA) is 96.4 Å². The van der Waals surface area contributed by atoms with E-state index in [1.54, 1.807) is 12.1 Å². The van der Waals surface area contributed by atoms with E-state index in [0.29, 0.717) is 12.4 Å². The van der Waals surface area contributed by atoms with Crippen molar-refractivity contribution in [3.05, 3.63) is 59.9 Å². The first kappa shape index (κ1) is 19.3. The molecular weight excluding hydrogens is 356 g/mol. The fraction of sp³-hybridized carbons (Fsp3) is 0.190. The van der Waals surface area contributed by atoms with Crippen LogP contribution in [0.1, 0.15) is 11.1 Å². The number of aryl methyl sites for hydroxylation is 1. The Bertz CT molecular complexity index is 1020. The van der Waals surface area contributed by atoms with Crippen molar-refractivity contribution in [2.24, 2.45) is 0 Å². The van der Waals surface area contributed by atoms with Crippen molar-refractivity contribution in [1.82, 2.24) is 15.3 Å². The van der Waals surface area contributed by atoms with Gasteiger partial charge in [0.05, 0.1) is 5.52 Å². The van der Waals surface area contributed by atoms with Crippen LogP contribution in [0.3, 0.4) is 0 Å². The van der Waals surface area contributed by atoms with Crippen molar-refractivity contribution in [2.75, 3.05) is 25.6 Å². The summed E-state index contributed by atoms with van der Waals surface area (Å²) in [6.07, 6.45) is 5.31. The number of rotatable bonds is 7. The number of carbonyl (C=O) groups excluding carboxylic acids is 1. The Kier molecular flexibility index (Phi) is 6.18. The van der Waals surface area contributed by atoms with E-state index in [0.717, 1.165) is 27.7 Å². The molecule has 0 saturated heterocycles. The molecule has 0 unspecified atom stereocenters. The molecule has 0 radical (unpaired) electrons. The van der Waals surface area contributed by atoms with Gasteiger partial charge in [-0.2, -0.15) is 0 Å². The number of amides is 1. The van der Waals surface area contributed by atoms with Gasteiger partial charge in [-0.3, -0.25) is 4.79 Å². The van der Waals surface area contributed by atoms with Crippen LogP contribution in [0.2, 0.25) is 0 Å². The molecule has 7 nitrogen and oxygen atoms in total. The number of aromatic hydroxyl groups is 1. The Labute approximate surface area is 163 Å². The molecule has 28 heavy (non-hydrogen) atoms. The molecule has 0 atom stereocenters. The number of ether oxygens (including phenoxy) is 1. The van der Waals surface area contributed by atoms with Gasteiger partial charge in [0, 0.05) is 24.7 Å². The second-order valence-corrected chi connectivity index (χ2v) is 6.26. The Balaban J connectivity index is 1.79. The minimum absolute atomic E-state index is 0.0485. The molecule has 0 aliphatic carbocycles. The lowest BCUT2D eigenvalue weighted by molar-refractivity contribution is -0.124. The maximum absolute atomic E-state index is 11.4. The summed E-state index contributed by atoms with van der Waals surface area (Å²) in [6.45, 7) is 2.31. The Morgan fingerprint density at radius 3 is 2.86 bits per heavy atom. The van der Waals surface area contributed by atoms with E-state index in [1.165, 1.54) is 13.4 Å². The predicted molar refractivity (Wildman–Crippen MR) is 110 cm³/mol. The zero-order valence-electron chi connectivity index (χ0n) is 15.8. The molecule has 0 fully saturated rings. The van der Waals surface area contributed by atoms with Crippen LogP contribution in [-0.2, 0) is 9.53 Å². The van der Waals surface area contributed by atoms with E-state index in [9.17, 15) is 9.90 Å². The van der Waals surface area contributed by atoms with E-state index in [1.807, 2.05) is 43.3 Å². The van der Waals surface area contributed by atoms with Gasteiger partial charge >= 0.3 is 0 Å². The number of methoxy groups -OCH3 is 1. The maximum atomic E-state index is 11.4. The molecule has 3 N–H and O–H groups in total. The van der Waals surface area contributed by atoms with Crippen molar-refractivity contribution in [2.45, 2.75) is 6.92 Å². The number of phenolic OH excluding ortho intramolecular Hbond substituents is 1. The highest BCUT2D eigenvalue weighted by molar-refractivity contribution is 5.92. The normalized spacial score (nSPS) is 11.1. The molecule has 0 bridgehead atoms. The van der Waals surface area contributed by atoms with Crippen molar-refractivity contribution in [3.63, 3.8) is 0 Å². The number of fused-ring (bicyclic) bond motifs is 1. The molecule has 0 aliphatic heterocycles. The van der Waals surface area contributed by atoms with Crippen molar-refractivity contribution in [1.29, 1.82) is 0 Å². The van der Waals surface area contributed by atoms with Crippen molar-refractivity contribution < 1.29 is 14.6 Å². The van der Waals surface area contributed by atoms with E-state index in [2.05, 4.69) is 20.6 Å². The van der Waals surface area contributed by atoms with Gasteiger partial charge in [0.2, 0.25) is 5.91 Å². The minimum Gasteiger partial charge on any atom is -0.508 e. The summed E-state index contributed by atoms with van der Waals surface area (Å²) in [5, 5.41) is 16.6. The van der Waals surface area contributed by atoms with Gasteiger partial charge in [-0.25, -0.2) is 9.97 Å². The largest absolute Gasteiger partial charge is 0.508 e. The van der Waals surface area contributed by atoms with Gasteiger partial charge in [0.1, 0.15) is 24.5 Å². The quantitative estimate of drug-likeness (QED) is 0.547. The highest BCUT2D eigenvalue weighted by atomic mass is 16.5. The molecule has 1 heterocycles. The third-order valence-corrected chi connectivity index (χ3v) is 4.12. The monoisotopic (exact) mass is 378 g/mol. The first-order chi connectivity index (χ1) is 13.6. The average molecular weight is 378 g/mol. The molecule has 7 heteroatoms. The van der Waals surface area contributed by atoms with Crippen LogP contribution < -0.4 is 10.6 Å². The number of nitrogens with zero attached hydrogens (tertiary/aromatic N) is 2. The van der Waals surface area contributed by atoms with Gasteiger partial charge in [-0.15, -0.1) is 0 Å². The Morgan fingerprint density at radius 2 is 2.07 bits per heavy atom. The summed E-state index contributed by atoms with van der Waals surface area (Å²) < 4.78 is 4.77. The lowest BCUT2D eigenvalue weighted by Crippen LogP contribution is -2.26. The molecule has 144 valence electrons. The summed E-state index contributed by atoms with van der Waals surface area (Å²) in [7, 11) is 1.48. The van der Waals surface area contributed by atoms with Gasteiger partial charge in [-0.1, -0.05) is 18.2 Å². The summed E-state index contributed by atoms with van der Waals surface area (Å²) in [5.74, 6) is 0.775. The van der Waals surface area contributed by atoms with Crippen LogP contribution in [0.5, 0.6) is 5.75 Å². The smallest absolute Gasteiger partial charge is 0.246 e. The lowest BCUT2D eigenvalue weighted by Gasteiger charge is -2.10. The molecule has 1 amide bonds. The van der Waals surface area contributed by atoms with Crippen LogP contribution in [0.25, 0.3) is 17.0 Å². The van der Waals surface area contributed by atoms with Crippen LogP contribution in [0.15, 0.2) is 48.8 Å². The molecular formula is C21H22N4O3. The van der Waals surface area contributed by atoms with Gasteiger partial charge in [0.15, 0.2) is 0 Å². The molecule has 0 saturated carbocycles. The zero-order chi connectivity index (χ0) is 19.9. The van der Waals surface area contributed by atoms with Crippen molar-refractivity contribution >= 4 is 34.4 Å². The van der Waals surface area contributed by atoms with E-state index in [-0.39, 0.29) is 18.3 Å². The van der Waals surface area contributed by atoms with Gasteiger partial charge < -0.3 is 20.5 Å². The number of nitrogens with one attached hydrogen (secondary N) is 2. The molecule has 1 aromatic heterocycles. The molecule has 3 aromatic rings. The fourth-order valence-corrected chi connectivity index (χ4v) is 2.70. The third kappa shape index (κ3) is 4.83. The number of hydrogen-bond acceptors (Lipinski definition) is 6. The molecule has 0 aliphatic rings. The van der Waals surface area contributed by atoms with E-state index < -0.39 is 0 Å². The third-order valence-electron chi connectivity index (χ3n) is 4.12. The van der Waals surface area contributed by atoms with E-state index in [4.69, 9.17) is 4.74 Å². The minimum atomic E-state index is -0.158. The number of phenols is 1. The number of hydrogen-bond donors (Lipinski definition) is 3. The highest BCUT2D eigenvalue weighted by Gasteiger charge is 2.06. The summed E-state index contributed by atoms with van der Waals surface area (Å²) in [5.41, 5.74) is 3.39. The summed E-state index contributed by atoms with van der Waals surface area (Å²) in [4.78, 5) is 20.0. The first-order valence-corrected chi connectivity index (χ1v) is 8.80.